The molecule has 4 nitrogen and oxygen atoms in total. The Morgan fingerprint density at radius 1 is 0.833 bits per heavy atom. The van der Waals surface area contributed by atoms with Crippen molar-refractivity contribution in [2.24, 2.45) is 0 Å². The number of carboxylic acids is 2. The molecule has 0 aromatic heterocycles. The fourth-order valence-corrected chi connectivity index (χ4v) is 1.87. The molecule has 130 valence electrons. The molecule has 0 rings (SSSR count). The van der Waals surface area contributed by atoms with Crippen molar-refractivity contribution < 1.29 is 19.8 Å². The van der Waals surface area contributed by atoms with Crippen molar-refractivity contribution in [3.63, 3.8) is 0 Å². The molecule has 0 aromatic carbocycles. The van der Waals surface area contributed by atoms with Gasteiger partial charge in [-0.3, -0.25) is 0 Å². The smallest absolute Gasteiger partial charge is 0.336 e. The molecular weight excluding hydrogens is 304 g/mol. The number of carboxylic acid groups (broad SMARTS) is 2. The summed E-state index contributed by atoms with van der Waals surface area (Å²) in [6, 6.07) is 0. The molecule has 0 aliphatic carbocycles. The second kappa shape index (κ2) is 14.0. The van der Waals surface area contributed by atoms with Gasteiger partial charge in [-0.05, 0) is 18.9 Å². The molecule has 0 saturated heterocycles. The first-order valence-electron chi connectivity index (χ1n) is 8.04. The van der Waals surface area contributed by atoms with Crippen LogP contribution in [0.3, 0.4) is 0 Å². The third-order valence-corrected chi connectivity index (χ3v) is 3.10. The molecule has 0 fully saturated rings. The minimum absolute atomic E-state index is 0.218. The van der Waals surface area contributed by atoms with Crippen LogP contribution in [0, 0.1) is 0 Å². The van der Waals surface area contributed by atoms with Crippen molar-refractivity contribution in [3.8, 4) is 0 Å². The summed E-state index contributed by atoms with van der Waals surface area (Å²) in [5.41, 5.74) is -0.464. The zero-order valence-corrected chi connectivity index (χ0v) is 14.1. The van der Waals surface area contributed by atoms with Crippen molar-refractivity contribution in [2.75, 3.05) is 0 Å². The zero-order valence-electron chi connectivity index (χ0n) is 14.1. The van der Waals surface area contributed by atoms with E-state index in [-0.39, 0.29) is 11.1 Å². The summed E-state index contributed by atoms with van der Waals surface area (Å²) in [6.45, 7) is 5.65. The normalized spacial score (nSPS) is 13.2. The molecule has 0 atom stereocenters. The third kappa shape index (κ3) is 10.2. The summed E-state index contributed by atoms with van der Waals surface area (Å²) >= 11 is 0. The van der Waals surface area contributed by atoms with Gasteiger partial charge in [-0.25, -0.2) is 9.59 Å². The van der Waals surface area contributed by atoms with Crippen LogP contribution in [0.1, 0.15) is 39.0 Å². The first kappa shape index (κ1) is 21.4. The molecule has 0 radical (unpaired) electrons. The number of carbonyl (C=O) groups is 2. The van der Waals surface area contributed by atoms with E-state index in [1.54, 1.807) is 36.5 Å². The van der Waals surface area contributed by atoms with E-state index < -0.39 is 11.9 Å². The number of unbranched alkanes of at least 4 members (excludes halogenated alkanes) is 4. The molecule has 4 heteroatoms. The molecule has 0 unspecified atom stereocenters. The SMILES string of the molecule is C=CC=CC=CC=CC(C(=O)O)=C(C=CCCCCCC)C(=O)O. The summed E-state index contributed by atoms with van der Waals surface area (Å²) in [7, 11) is 0. The summed E-state index contributed by atoms with van der Waals surface area (Å²) in [6.07, 6.45) is 19.3. The predicted octanol–water partition coefficient (Wildman–Crippen LogP) is 4.83. The Morgan fingerprint density at radius 2 is 1.42 bits per heavy atom. The van der Waals surface area contributed by atoms with Crippen molar-refractivity contribution in [1.82, 2.24) is 0 Å². The fourth-order valence-electron chi connectivity index (χ4n) is 1.87. The van der Waals surface area contributed by atoms with Crippen LogP contribution in [0.25, 0.3) is 0 Å². The van der Waals surface area contributed by atoms with Crippen molar-refractivity contribution in [2.45, 2.75) is 39.0 Å². The molecule has 0 saturated carbocycles. The maximum absolute atomic E-state index is 11.3. The van der Waals surface area contributed by atoms with E-state index in [0.717, 1.165) is 32.1 Å². The maximum Gasteiger partial charge on any atom is 0.336 e. The first-order valence-corrected chi connectivity index (χ1v) is 8.04. The number of rotatable bonds is 12. The van der Waals surface area contributed by atoms with Gasteiger partial charge in [0, 0.05) is 0 Å². The second-order valence-electron chi connectivity index (χ2n) is 5.05. The quantitative estimate of drug-likeness (QED) is 0.305. The molecule has 2 N–H and O–H groups in total. The molecule has 0 aliphatic rings. The number of hydrogen-bond donors (Lipinski definition) is 2. The standard InChI is InChI=1S/C20H26O4/c1-3-5-7-9-11-13-15-17(19(21)22)18(20(23)24)16-14-12-10-8-6-4-2/h3,5,7,9,11,13-16H,1,4,6,8,10,12H2,2H3,(H,21,22)(H,23,24). The van der Waals surface area contributed by atoms with E-state index in [1.807, 2.05) is 0 Å². The second-order valence-corrected chi connectivity index (χ2v) is 5.05. The number of allylic oxidation sites excluding steroid dienone is 7. The van der Waals surface area contributed by atoms with Gasteiger partial charge in [0.2, 0.25) is 0 Å². The molecule has 0 aromatic rings. The van der Waals surface area contributed by atoms with Crippen LogP contribution in [0.15, 0.2) is 72.4 Å². The van der Waals surface area contributed by atoms with Crippen LogP contribution < -0.4 is 0 Å². The lowest BCUT2D eigenvalue weighted by atomic mass is 10.1. The van der Waals surface area contributed by atoms with Crippen molar-refractivity contribution in [3.05, 3.63) is 72.4 Å². The lowest BCUT2D eigenvalue weighted by Crippen LogP contribution is -2.08. The molecule has 0 bridgehead atoms. The summed E-state index contributed by atoms with van der Waals surface area (Å²) < 4.78 is 0. The fraction of sp³-hybridized carbons (Fsp3) is 0.300. The molecule has 0 amide bonds. The van der Waals surface area contributed by atoms with E-state index in [4.69, 9.17) is 0 Å². The Bertz CT molecular complexity index is 560. The molecule has 0 spiro atoms. The topological polar surface area (TPSA) is 74.6 Å². The number of aliphatic carboxylic acids is 2. The van der Waals surface area contributed by atoms with Gasteiger partial charge in [-0.2, -0.15) is 0 Å². The van der Waals surface area contributed by atoms with Crippen molar-refractivity contribution in [1.29, 1.82) is 0 Å². The van der Waals surface area contributed by atoms with Gasteiger partial charge >= 0.3 is 11.9 Å². The van der Waals surface area contributed by atoms with Crippen LogP contribution in [-0.2, 0) is 9.59 Å². The average Bonchev–Trinajstić information content (AvgIpc) is 2.54. The highest BCUT2D eigenvalue weighted by atomic mass is 16.4. The minimum atomic E-state index is -1.27. The van der Waals surface area contributed by atoms with Crippen LogP contribution >= 0.6 is 0 Å². The lowest BCUT2D eigenvalue weighted by molar-refractivity contribution is -0.135. The van der Waals surface area contributed by atoms with Gasteiger partial charge in [0.25, 0.3) is 0 Å². The van der Waals surface area contributed by atoms with E-state index in [9.17, 15) is 19.8 Å². The third-order valence-electron chi connectivity index (χ3n) is 3.10. The highest BCUT2D eigenvalue weighted by molar-refractivity contribution is 6.02. The van der Waals surface area contributed by atoms with Gasteiger partial charge in [0.1, 0.15) is 0 Å². The van der Waals surface area contributed by atoms with Gasteiger partial charge in [0.15, 0.2) is 0 Å². The Morgan fingerprint density at radius 3 is 2.00 bits per heavy atom. The monoisotopic (exact) mass is 330 g/mol. The molecule has 0 aliphatic heterocycles. The van der Waals surface area contributed by atoms with Gasteiger partial charge in [-0.1, -0.05) is 81.4 Å². The van der Waals surface area contributed by atoms with Crippen LogP contribution in [-0.4, -0.2) is 22.2 Å². The minimum Gasteiger partial charge on any atom is -0.478 e. The van der Waals surface area contributed by atoms with E-state index in [2.05, 4.69) is 13.5 Å². The highest BCUT2D eigenvalue weighted by Crippen LogP contribution is 2.11. The summed E-state index contributed by atoms with van der Waals surface area (Å²) in [5.74, 6) is -2.52. The Hall–Kier alpha value is -2.62. The van der Waals surface area contributed by atoms with E-state index in [0.29, 0.717) is 0 Å². The van der Waals surface area contributed by atoms with Gasteiger partial charge in [-0.15, -0.1) is 0 Å². The van der Waals surface area contributed by atoms with Gasteiger partial charge in [0.05, 0.1) is 11.1 Å². The van der Waals surface area contributed by atoms with Crippen LogP contribution in [0.2, 0.25) is 0 Å². The van der Waals surface area contributed by atoms with Crippen molar-refractivity contribution >= 4 is 11.9 Å². The summed E-state index contributed by atoms with van der Waals surface area (Å²) in [4.78, 5) is 22.7. The summed E-state index contributed by atoms with van der Waals surface area (Å²) in [5, 5.41) is 18.5. The van der Waals surface area contributed by atoms with Crippen LogP contribution in [0.4, 0.5) is 0 Å². The highest BCUT2D eigenvalue weighted by Gasteiger charge is 2.15. The number of hydrogen-bond acceptors (Lipinski definition) is 2. The molecular formula is C20H26O4. The van der Waals surface area contributed by atoms with E-state index in [1.165, 1.54) is 18.2 Å². The predicted molar refractivity (Wildman–Crippen MR) is 97.8 cm³/mol. The Kier molecular flexibility index (Phi) is 12.5. The Labute approximate surface area is 143 Å². The lowest BCUT2D eigenvalue weighted by Gasteiger charge is -2.01. The first-order chi connectivity index (χ1) is 11.5. The maximum atomic E-state index is 11.3. The molecule has 0 heterocycles. The largest absolute Gasteiger partial charge is 0.478 e. The Balaban J connectivity index is 5.11. The van der Waals surface area contributed by atoms with E-state index >= 15 is 0 Å². The van der Waals surface area contributed by atoms with Gasteiger partial charge < -0.3 is 10.2 Å². The molecule has 24 heavy (non-hydrogen) atoms. The average molecular weight is 330 g/mol. The zero-order chi connectivity index (χ0) is 18.2. The van der Waals surface area contributed by atoms with Crippen LogP contribution in [0.5, 0.6) is 0 Å².